The summed E-state index contributed by atoms with van der Waals surface area (Å²) in [4.78, 5) is 42.2. The Labute approximate surface area is 161 Å². The van der Waals surface area contributed by atoms with Gasteiger partial charge in [-0.3, -0.25) is 19.2 Å². The zero-order valence-corrected chi connectivity index (χ0v) is 16.2. The van der Waals surface area contributed by atoms with Gasteiger partial charge in [0.1, 0.15) is 6.61 Å². The van der Waals surface area contributed by atoms with E-state index in [1.807, 2.05) is 0 Å². The summed E-state index contributed by atoms with van der Waals surface area (Å²) in [5.41, 5.74) is 0. The molecule has 8 nitrogen and oxygen atoms in total. The second-order valence-corrected chi connectivity index (χ2v) is 5.17. The second kappa shape index (κ2) is 17.3. The zero-order valence-electron chi connectivity index (χ0n) is 12.6. The largest absolute Gasteiger partial charge is 0.461 e. The summed E-state index contributed by atoms with van der Waals surface area (Å²) >= 11 is 14.8. The Kier molecular flexibility index (Phi) is 18.5. The first-order valence-electron chi connectivity index (χ1n) is 6.47. The fraction of sp³-hybridized carbons (Fsp3) is 0.667. The maximum Gasteiger partial charge on any atom is 0.323 e. The number of hydrogen-bond donors (Lipinski definition) is 5. The summed E-state index contributed by atoms with van der Waals surface area (Å²) in [7, 11) is 0. The van der Waals surface area contributed by atoms with E-state index in [4.69, 9.17) is 5.11 Å². The summed E-state index contributed by atoms with van der Waals surface area (Å²) < 4.78 is 13.5. The van der Waals surface area contributed by atoms with Crippen molar-refractivity contribution in [1.82, 2.24) is 0 Å². The number of carbonyl (C=O) groups excluding carboxylic acids is 4. The third-order valence-electron chi connectivity index (χ3n) is 1.86. The standard InChI is InChI=1S/C7H12O5S2.C5H8O3S2/c8-1-5(12-7(10)4-14)2-11-6(9)3-13;6-4(1-2-9)8-5(7)3-10/h5,8,13-14H,1-4H2;9-10H,1-3H2. The van der Waals surface area contributed by atoms with Crippen LogP contribution in [0.3, 0.4) is 0 Å². The monoisotopic (exact) mass is 420 g/mol. The van der Waals surface area contributed by atoms with Crippen molar-refractivity contribution in [2.45, 2.75) is 12.5 Å². The Morgan fingerprint density at radius 1 is 0.833 bits per heavy atom. The number of hydrogen-bond acceptors (Lipinski definition) is 12. The van der Waals surface area contributed by atoms with Crippen LogP contribution in [0.5, 0.6) is 0 Å². The lowest BCUT2D eigenvalue weighted by Gasteiger charge is -2.14. The van der Waals surface area contributed by atoms with Crippen molar-refractivity contribution in [2.24, 2.45) is 0 Å². The van der Waals surface area contributed by atoms with Gasteiger partial charge >= 0.3 is 23.9 Å². The lowest BCUT2D eigenvalue weighted by molar-refractivity contribution is -0.157. The molecule has 0 spiro atoms. The normalized spacial score (nSPS) is 10.7. The molecule has 140 valence electrons. The Morgan fingerprint density at radius 3 is 1.79 bits per heavy atom. The highest BCUT2D eigenvalue weighted by atomic mass is 32.1. The number of rotatable bonds is 9. The Balaban J connectivity index is 0. The molecule has 1 atom stereocenters. The van der Waals surface area contributed by atoms with Crippen molar-refractivity contribution in [3.05, 3.63) is 0 Å². The van der Waals surface area contributed by atoms with Crippen molar-refractivity contribution < 1.29 is 38.5 Å². The molecule has 0 aromatic heterocycles. The minimum atomic E-state index is -0.835. The predicted molar refractivity (Wildman–Crippen MR) is 99.1 cm³/mol. The van der Waals surface area contributed by atoms with Gasteiger partial charge in [-0.25, -0.2) is 0 Å². The van der Waals surface area contributed by atoms with Crippen LogP contribution in [-0.2, 0) is 33.4 Å². The van der Waals surface area contributed by atoms with Crippen LogP contribution in [0.2, 0.25) is 0 Å². The predicted octanol–water partition coefficient (Wildman–Crippen LogP) is -0.401. The van der Waals surface area contributed by atoms with Gasteiger partial charge < -0.3 is 19.3 Å². The van der Waals surface area contributed by atoms with E-state index in [0.717, 1.165) is 0 Å². The Bertz CT molecular complexity index is 405. The van der Waals surface area contributed by atoms with E-state index >= 15 is 0 Å². The Morgan fingerprint density at radius 2 is 1.38 bits per heavy atom. The molecule has 0 amide bonds. The van der Waals surface area contributed by atoms with Gasteiger partial charge in [-0.15, -0.1) is 0 Å². The highest BCUT2D eigenvalue weighted by molar-refractivity contribution is 7.81. The van der Waals surface area contributed by atoms with Crippen LogP contribution in [0.25, 0.3) is 0 Å². The fourth-order valence-electron chi connectivity index (χ4n) is 0.880. The van der Waals surface area contributed by atoms with E-state index in [-0.39, 0.29) is 30.3 Å². The molecule has 0 heterocycles. The fourth-order valence-corrected chi connectivity index (χ4v) is 1.29. The van der Waals surface area contributed by atoms with Gasteiger partial charge in [0.25, 0.3) is 0 Å². The highest BCUT2D eigenvalue weighted by Gasteiger charge is 2.14. The topological polar surface area (TPSA) is 116 Å². The molecule has 0 radical (unpaired) electrons. The summed E-state index contributed by atoms with van der Waals surface area (Å²) in [6.45, 7) is -0.575. The molecule has 1 N–H and O–H groups in total. The third-order valence-corrected chi connectivity index (χ3v) is 2.86. The summed E-state index contributed by atoms with van der Waals surface area (Å²) in [5.74, 6) is -2.10. The van der Waals surface area contributed by atoms with E-state index in [1.165, 1.54) is 0 Å². The van der Waals surface area contributed by atoms with Gasteiger partial charge in [0.15, 0.2) is 6.10 Å². The molecule has 12 heteroatoms. The number of aliphatic hydroxyl groups is 1. The molecule has 0 aromatic rings. The lowest BCUT2D eigenvalue weighted by Crippen LogP contribution is -2.29. The van der Waals surface area contributed by atoms with Gasteiger partial charge in [0, 0.05) is 5.75 Å². The van der Waals surface area contributed by atoms with Crippen molar-refractivity contribution in [1.29, 1.82) is 0 Å². The van der Waals surface area contributed by atoms with Gasteiger partial charge in [0.2, 0.25) is 0 Å². The first kappa shape index (κ1) is 25.7. The number of esters is 4. The number of ether oxygens (including phenoxy) is 3. The first-order valence-corrected chi connectivity index (χ1v) is 9.00. The van der Waals surface area contributed by atoms with Crippen LogP contribution in [-0.4, -0.2) is 71.3 Å². The summed E-state index contributed by atoms with van der Waals surface area (Å²) in [5, 5.41) is 8.74. The van der Waals surface area contributed by atoms with Crippen LogP contribution in [0.15, 0.2) is 0 Å². The molecule has 0 rings (SSSR count). The molecule has 0 fully saturated rings. The maximum absolute atomic E-state index is 10.7. The van der Waals surface area contributed by atoms with Crippen LogP contribution < -0.4 is 0 Å². The SMILES string of the molecule is O=C(CS)OC(=O)CCS.O=C(CS)OCC(CO)OC(=O)CS. The molecule has 0 aliphatic rings. The zero-order chi connectivity index (χ0) is 19.0. The molecular weight excluding hydrogens is 400 g/mol. The molecule has 0 aliphatic heterocycles. The van der Waals surface area contributed by atoms with Crippen molar-refractivity contribution in [3.63, 3.8) is 0 Å². The lowest BCUT2D eigenvalue weighted by atomic mass is 10.4. The van der Waals surface area contributed by atoms with Crippen LogP contribution in [0, 0.1) is 0 Å². The highest BCUT2D eigenvalue weighted by Crippen LogP contribution is 1.96. The molecular formula is C12H20O8S4. The number of carbonyl (C=O) groups is 4. The molecule has 0 aromatic carbocycles. The third kappa shape index (κ3) is 16.3. The van der Waals surface area contributed by atoms with E-state index in [2.05, 4.69) is 64.7 Å². The number of thiol groups is 4. The van der Waals surface area contributed by atoms with E-state index in [0.29, 0.717) is 5.75 Å². The van der Waals surface area contributed by atoms with E-state index in [9.17, 15) is 19.2 Å². The average Bonchev–Trinajstić information content (AvgIpc) is 2.58. The van der Waals surface area contributed by atoms with Crippen LogP contribution in [0.4, 0.5) is 0 Å². The maximum atomic E-state index is 10.7. The molecule has 1 unspecified atom stereocenters. The van der Waals surface area contributed by atoms with E-state index < -0.39 is 36.6 Å². The van der Waals surface area contributed by atoms with Crippen molar-refractivity contribution in [3.8, 4) is 0 Å². The van der Waals surface area contributed by atoms with Gasteiger partial charge in [-0.1, -0.05) is 0 Å². The average molecular weight is 421 g/mol. The first-order chi connectivity index (χ1) is 11.3. The quantitative estimate of drug-likeness (QED) is 0.148. The summed E-state index contributed by atoms with van der Waals surface area (Å²) in [6, 6.07) is 0. The van der Waals surface area contributed by atoms with Gasteiger partial charge in [-0.05, 0) is 0 Å². The molecule has 0 saturated heterocycles. The van der Waals surface area contributed by atoms with Crippen LogP contribution in [0.1, 0.15) is 6.42 Å². The summed E-state index contributed by atoms with van der Waals surface area (Å²) in [6.07, 6.45) is -0.679. The molecule has 0 saturated carbocycles. The molecule has 24 heavy (non-hydrogen) atoms. The van der Waals surface area contributed by atoms with Gasteiger partial charge in [0.05, 0.1) is 30.3 Å². The Hall–Kier alpha value is -0.560. The minimum absolute atomic E-state index is 0.0569. The van der Waals surface area contributed by atoms with Crippen molar-refractivity contribution >= 4 is 74.4 Å². The van der Waals surface area contributed by atoms with Crippen molar-refractivity contribution in [2.75, 3.05) is 36.2 Å². The minimum Gasteiger partial charge on any atom is -0.461 e. The smallest absolute Gasteiger partial charge is 0.323 e. The van der Waals surface area contributed by atoms with E-state index in [1.54, 1.807) is 0 Å². The molecule has 0 aliphatic carbocycles. The van der Waals surface area contributed by atoms with Crippen LogP contribution >= 0.6 is 50.5 Å². The molecule has 0 bridgehead atoms. The van der Waals surface area contributed by atoms with Gasteiger partial charge in [-0.2, -0.15) is 50.5 Å². The number of aliphatic hydroxyl groups excluding tert-OH is 1. The second-order valence-electron chi connectivity index (χ2n) is 3.77.